The first-order valence-electron chi connectivity index (χ1n) is 13.1. The van der Waals surface area contributed by atoms with Gasteiger partial charge in [0.2, 0.25) is 0 Å². The van der Waals surface area contributed by atoms with Crippen molar-refractivity contribution < 1.29 is 8.78 Å². The van der Waals surface area contributed by atoms with Crippen LogP contribution in [-0.4, -0.2) is 67.6 Å². The van der Waals surface area contributed by atoms with Gasteiger partial charge in [-0.2, -0.15) is 10.2 Å². The largest absolute Gasteiger partial charge is 0.382 e. The third-order valence-corrected chi connectivity index (χ3v) is 8.49. The van der Waals surface area contributed by atoms with E-state index in [1.54, 1.807) is 0 Å². The number of hydrogen-bond acceptors (Lipinski definition) is 6. The molecule has 5 heterocycles. The number of alkyl halides is 2. The lowest BCUT2D eigenvalue weighted by atomic mass is 10.0. The number of nitrogen functional groups attached to an aromatic ring is 1. The van der Waals surface area contributed by atoms with Crippen LogP contribution in [0.3, 0.4) is 0 Å². The van der Waals surface area contributed by atoms with Crippen molar-refractivity contribution in [2.45, 2.75) is 56.5 Å². The van der Waals surface area contributed by atoms with Crippen molar-refractivity contribution in [3.05, 3.63) is 22.6 Å². The highest BCUT2D eigenvalue weighted by Crippen LogP contribution is 2.52. The lowest BCUT2D eigenvalue weighted by molar-refractivity contribution is -0.131. The minimum Gasteiger partial charge on any atom is -0.382 e. The molecule has 0 unspecified atom stereocenters. The molecule has 36 heavy (non-hydrogen) atoms. The molecule has 11 heteroatoms. The minimum atomic E-state index is -2.55. The fraction of sp³-hybridized carbons (Fsp3) is 0.640. The van der Waals surface area contributed by atoms with Gasteiger partial charge >= 0.3 is 0 Å². The summed E-state index contributed by atoms with van der Waals surface area (Å²) in [5.41, 5.74) is 8.27. The molecule has 2 saturated carbocycles. The van der Waals surface area contributed by atoms with Crippen molar-refractivity contribution in [3.63, 3.8) is 0 Å². The maximum absolute atomic E-state index is 13.5. The fourth-order valence-corrected chi connectivity index (χ4v) is 6.51. The van der Waals surface area contributed by atoms with Crippen molar-refractivity contribution in [2.75, 3.05) is 36.8 Å². The first kappa shape index (κ1) is 22.3. The van der Waals surface area contributed by atoms with Crippen LogP contribution in [0.4, 0.5) is 20.4 Å². The topological polar surface area (TPSA) is 101 Å². The van der Waals surface area contributed by atoms with Crippen LogP contribution in [0.2, 0.25) is 0 Å². The van der Waals surface area contributed by atoms with Gasteiger partial charge in [0.05, 0.1) is 24.3 Å². The number of fused-ring (bicyclic) bond motifs is 1. The SMILES string of the molecule is Cn1nc(-c2cn(C(C3CC3)C3CC3)c(=O)c3c(N)n[nH]c23)cc1N1CCC[C@H]1CN1CC(F)(F)C1. The number of likely N-dealkylation sites (tertiary alicyclic amines) is 1. The molecule has 4 fully saturated rings. The second-order valence-corrected chi connectivity index (χ2v) is 11.3. The molecule has 3 aromatic rings. The van der Waals surface area contributed by atoms with Gasteiger partial charge in [0, 0.05) is 50.0 Å². The number of H-pyrrole nitrogens is 1. The van der Waals surface area contributed by atoms with Gasteiger partial charge in [0.1, 0.15) is 11.2 Å². The van der Waals surface area contributed by atoms with Crippen LogP contribution in [0.15, 0.2) is 17.1 Å². The number of pyridine rings is 1. The summed E-state index contributed by atoms with van der Waals surface area (Å²) in [4.78, 5) is 17.7. The Morgan fingerprint density at radius 3 is 2.58 bits per heavy atom. The first-order chi connectivity index (χ1) is 17.3. The lowest BCUT2D eigenvalue weighted by Crippen LogP contribution is -2.59. The van der Waals surface area contributed by atoms with Crippen LogP contribution in [0.25, 0.3) is 22.2 Å². The Balaban J connectivity index is 1.26. The highest BCUT2D eigenvalue weighted by Gasteiger charge is 2.45. The van der Waals surface area contributed by atoms with Gasteiger partial charge < -0.3 is 15.2 Å². The molecule has 0 aromatic carbocycles. The number of aromatic amines is 1. The molecule has 3 N–H and O–H groups in total. The molecule has 0 amide bonds. The molecule has 3 aromatic heterocycles. The van der Waals surface area contributed by atoms with E-state index < -0.39 is 5.92 Å². The van der Waals surface area contributed by atoms with E-state index in [2.05, 4.69) is 15.1 Å². The molecule has 0 spiro atoms. The van der Waals surface area contributed by atoms with Crippen molar-refractivity contribution in [3.8, 4) is 11.3 Å². The van der Waals surface area contributed by atoms with E-state index in [-0.39, 0.29) is 36.6 Å². The molecule has 1 atom stereocenters. The Labute approximate surface area is 207 Å². The summed E-state index contributed by atoms with van der Waals surface area (Å²) in [6, 6.07) is 2.43. The number of halogens is 2. The molecule has 0 bridgehead atoms. The Hall–Kier alpha value is -2.95. The number of rotatable bonds is 7. The Morgan fingerprint density at radius 2 is 1.92 bits per heavy atom. The average molecular weight is 499 g/mol. The summed E-state index contributed by atoms with van der Waals surface area (Å²) in [5.74, 6) is -0.279. The summed E-state index contributed by atoms with van der Waals surface area (Å²) in [6.07, 6.45) is 8.60. The predicted octanol–water partition coefficient (Wildman–Crippen LogP) is 2.99. The Morgan fingerprint density at radius 1 is 1.19 bits per heavy atom. The lowest BCUT2D eigenvalue weighted by Gasteiger charge is -2.41. The van der Waals surface area contributed by atoms with E-state index in [0.717, 1.165) is 62.1 Å². The molecule has 7 rings (SSSR count). The van der Waals surface area contributed by atoms with Gasteiger partial charge in [-0.25, -0.2) is 8.78 Å². The highest BCUT2D eigenvalue weighted by atomic mass is 19.3. The average Bonchev–Trinajstić information content (AvgIpc) is 3.71. The molecular formula is C25H32F2N8O. The zero-order chi connectivity index (χ0) is 24.8. The van der Waals surface area contributed by atoms with Crippen molar-refractivity contribution in [1.29, 1.82) is 0 Å². The van der Waals surface area contributed by atoms with Gasteiger partial charge in [-0.1, -0.05) is 0 Å². The van der Waals surface area contributed by atoms with Crippen molar-refractivity contribution in [2.24, 2.45) is 18.9 Å². The third-order valence-electron chi connectivity index (χ3n) is 8.49. The summed E-state index contributed by atoms with van der Waals surface area (Å²) >= 11 is 0. The molecule has 2 aliphatic carbocycles. The maximum atomic E-state index is 13.5. The standard InChI is InChI=1S/C25H32F2N8O/c1-32-19(34-8-2-3-16(34)10-33-12-25(26,27)13-33)9-18(31-32)17-11-35(22(14-4-5-14)15-6-7-15)24(36)20-21(17)29-30-23(20)28/h9,11,14-16,22H,2-8,10,12-13H2,1H3,(H3,28,29,30)/t16-/m0/s1. The van der Waals surface area contributed by atoms with E-state index in [4.69, 9.17) is 10.8 Å². The smallest absolute Gasteiger partial charge is 0.272 e. The number of nitrogens with zero attached hydrogens (tertiary/aromatic N) is 6. The summed E-state index contributed by atoms with van der Waals surface area (Å²) in [7, 11) is 1.91. The van der Waals surface area contributed by atoms with Gasteiger partial charge in [0.25, 0.3) is 11.5 Å². The molecule has 192 valence electrons. The van der Waals surface area contributed by atoms with Gasteiger partial charge in [0.15, 0.2) is 5.82 Å². The number of hydrogen-bond donors (Lipinski definition) is 2. The van der Waals surface area contributed by atoms with Crippen LogP contribution in [0.1, 0.15) is 44.6 Å². The Kier molecular flexibility index (Phi) is 4.81. The molecule has 2 aliphatic heterocycles. The summed E-state index contributed by atoms with van der Waals surface area (Å²) in [6.45, 7) is 1.19. The number of nitrogens with one attached hydrogen (secondary N) is 1. The molecular weight excluding hydrogens is 466 g/mol. The molecule has 9 nitrogen and oxygen atoms in total. The Bertz CT molecular complexity index is 1360. The predicted molar refractivity (Wildman–Crippen MR) is 133 cm³/mol. The van der Waals surface area contributed by atoms with Crippen LogP contribution in [-0.2, 0) is 7.05 Å². The quantitative estimate of drug-likeness (QED) is 0.520. The normalized spacial score (nSPS) is 24.2. The van der Waals surface area contributed by atoms with E-state index in [1.165, 1.54) is 0 Å². The second-order valence-electron chi connectivity index (χ2n) is 11.3. The van der Waals surface area contributed by atoms with Crippen LogP contribution in [0.5, 0.6) is 0 Å². The molecule has 4 aliphatic rings. The molecule has 2 saturated heterocycles. The second kappa shape index (κ2) is 7.77. The zero-order valence-electron chi connectivity index (χ0n) is 20.5. The van der Waals surface area contributed by atoms with Crippen LogP contribution >= 0.6 is 0 Å². The van der Waals surface area contributed by atoms with Crippen LogP contribution < -0.4 is 16.2 Å². The summed E-state index contributed by atoms with van der Waals surface area (Å²) in [5, 5.41) is 12.4. The number of aryl methyl sites for hydroxylation is 1. The highest BCUT2D eigenvalue weighted by molar-refractivity contribution is 5.97. The maximum Gasteiger partial charge on any atom is 0.272 e. The van der Waals surface area contributed by atoms with E-state index in [9.17, 15) is 13.6 Å². The van der Waals surface area contributed by atoms with E-state index in [1.807, 2.05) is 33.5 Å². The zero-order valence-corrected chi connectivity index (χ0v) is 20.5. The first-order valence-corrected chi connectivity index (χ1v) is 13.1. The van der Waals surface area contributed by atoms with E-state index in [0.29, 0.717) is 29.3 Å². The molecule has 0 radical (unpaired) electrons. The number of anilines is 2. The van der Waals surface area contributed by atoms with E-state index >= 15 is 0 Å². The van der Waals surface area contributed by atoms with Gasteiger partial charge in [-0.05, 0) is 50.4 Å². The minimum absolute atomic E-state index is 0.0779. The summed E-state index contributed by atoms with van der Waals surface area (Å²) < 4.78 is 30.5. The monoisotopic (exact) mass is 498 g/mol. The number of aromatic nitrogens is 5. The van der Waals surface area contributed by atoms with Gasteiger partial charge in [-0.15, -0.1) is 0 Å². The fourth-order valence-electron chi connectivity index (χ4n) is 6.51. The third kappa shape index (κ3) is 3.62. The van der Waals surface area contributed by atoms with Crippen LogP contribution in [0, 0.1) is 11.8 Å². The van der Waals surface area contributed by atoms with Crippen molar-refractivity contribution >= 4 is 22.5 Å². The van der Waals surface area contributed by atoms with Crippen molar-refractivity contribution in [1.82, 2.24) is 29.4 Å². The van der Waals surface area contributed by atoms with Gasteiger partial charge in [-0.3, -0.25) is 19.5 Å². The number of nitrogens with two attached hydrogens (primary N) is 1.